The first-order valence-electron chi connectivity index (χ1n) is 5.82. The predicted molar refractivity (Wildman–Crippen MR) is 76.9 cm³/mol. The Labute approximate surface area is 124 Å². The number of carboxylic acids is 1. The molecular weight excluding hydrogens is 363 g/mol. The molecule has 19 heavy (non-hydrogen) atoms. The maximum absolute atomic E-state index is 11.5. The number of hydrogen-bond donors (Lipinski definition) is 2. The molecule has 0 heterocycles. The normalized spacial score (nSPS) is 11.9. The van der Waals surface area contributed by atoms with Gasteiger partial charge in [-0.3, -0.25) is 9.59 Å². The lowest BCUT2D eigenvalue weighted by Gasteiger charge is -2.11. The number of ether oxygens (including phenoxy) is 1. The SMILES string of the molecule is CCOC(=O)C(CCc1ccc(O)c(I)c1)C(=O)O. The lowest BCUT2D eigenvalue weighted by molar-refractivity contribution is -0.158. The summed E-state index contributed by atoms with van der Waals surface area (Å²) in [7, 11) is 0. The summed E-state index contributed by atoms with van der Waals surface area (Å²) in [4.78, 5) is 22.5. The standard InChI is InChI=1S/C13H15IO5/c1-2-19-13(18)9(12(16)17)5-3-8-4-6-11(15)10(14)7-8/h4,6-7,9,15H,2-3,5H2,1H3,(H,16,17). The van der Waals surface area contributed by atoms with Crippen LogP contribution in [0.1, 0.15) is 18.9 Å². The number of carbonyl (C=O) groups excluding carboxylic acids is 1. The molecule has 0 spiro atoms. The highest BCUT2D eigenvalue weighted by atomic mass is 127. The minimum Gasteiger partial charge on any atom is -0.507 e. The maximum Gasteiger partial charge on any atom is 0.320 e. The molecule has 1 atom stereocenters. The monoisotopic (exact) mass is 378 g/mol. The van der Waals surface area contributed by atoms with Crippen LogP contribution in [0.25, 0.3) is 0 Å². The molecule has 0 saturated heterocycles. The van der Waals surface area contributed by atoms with Gasteiger partial charge in [0.2, 0.25) is 0 Å². The van der Waals surface area contributed by atoms with Crippen molar-refractivity contribution >= 4 is 34.5 Å². The number of aromatic hydroxyl groups is 1. The van der Waals surface area contributed by atoms with Crippen molar-refractivity contribution in [1.29, 1.82) is 0 Å². The zero-order valence-electron chi connectivity index (χ0n) is 10.4. The van der Waals surface area contributed by atoms with Crippen molar-refractivity contribution in [3.05, 3.63) is 27.3 Å². The highest BCUT2D eigenvalue weighted by Gasteiger charge is 2.27. The van der Waals surface area contributed by atoms with Crippen LogP contribution in [0.3, 0.4) is 0 Å². The summed E-state index contributed by atoms with van der Waals surface area (Å²) < 4.78 is 5.43. The molecule has 104 valence electrons. The van der Waals surface area contributed by atoms with Crippen LogP contribution in [0.5, 0.6) is 5.75 Å². The lowest BCUT2D eigenvalue weighted by atomic mass is 9.99. The molecule has 1 aromatic carbocycles. The number of esters is 1. The van der Waals surface area contributed by atoms with Gasteiger partial charge in [0.1, 0.15) is 5.75 Å². The second-order valence-corrected chi connectivity index (χ2v) is 5.13. The van der Waals surface area contributed by atoms with Crippen LogP contribution in [0.2, 0.25) is 0 Å². The fourth-order valence-electron chi connectivity index (χ4n) is 1.60. The number of benzene rings is 1. The molecule has 5 nitrogen and oxygen atoms in total. The molecule has 0 radical (unpaired) electrons. The first-order valence-corrected chi connectivity index (χ1v) is 6.90. The molecule has 0 aromatic heterocycles. The summed E-state index contributed by atoms with van der Waals surface area (Å²) in [6.45, 7) is 1.80. The summed E-state index contributed by atoms with van der Waals surface area (Å²) >= 11 is 1.99. The Hall–Kier alpha value is -1.31. The van der Waals surface area contributed by atoms with Crippen molar-refractivity contribution < 1.29 is 24.5 Å². The van der Waals surface area contributed by atoms with Crippen LogP contribution < -0.4 is 0 Å². The van der Waals surface area contributed by atoms with Crippen molar-refractivity contribution in [2.45, 2.75) is 19.8 Å². The van der Waals surface area contributed by atoms with E-state index in [0.717, 1.165) is 5.56 Å². The van der Waals surface area contributed by atoms with Gasteiger partial charge in [-0.1, -0.05) is 6.07 Å². The van der Waals surface area contributed by atoms with Gasteiger partial charge in [-0.15, -0.1) is 0 Å². The summed E-state index contributed by atoms with van der Waals surface area (Å²) in [6.07, 6.45) is 0.612. The molecule has 0 saturated carbocycles. The summed E-state index contributed by atoms with van der Waals surface area (Å²) in [5.74, 6) is -2.84. The fourth-order valence-corrected chi connectivity index (χ4v) is 2.18. The zero-order valence-corrected chi connectivity index (χ0v) is 12.6. The number of carboxylic acid groups (broad SMARTS) is 1. The average Bonchev–Trinajstić information content (AvgIpc) is 2.33. The van der Waals surface area contributed by atoms with Crippen LogP contribution in [-0.2, 0) is 20.7 Å². The molecule has 0 bridgehead atoms. The Bertz CT molecular complexity index is 472. The molecule has 0 amide bonds. The highest BCUT2D eigenvalue weighted by Crippen LogP contribution is 2.22. The van der Waals surface area contributed by atoms with Gasteiger partial charge in [-0.25, -0.2) is 0 Å². The van der Waals surface area contributed by atoms with Crippen molar-refractivity contribution in [3.8, 4) is 5.75 Å². The molecule has 2 N–H and O–H groups in total. The van der Waals surface area contributed by atoms with Crippen molar-refractivity contribution in [3.63, 3.8) is 0 Å². The van der Waals surface area contributed by atoms with Gasteiger partial charge in [0.25, 0.3) is 0 Å². The number of phenols is 1. The third kappa shape index (κ3) is 4.70. The Kier molecular flexibility index (Phi) is 6.07. The van der Waals surface area contributed by atoms with Gasteiger partial charge < -0.3 is 14.9 Å². The number of aliphatic carboxylic acids is 1. The topological polar surface area (TPSA) is 83.8 Å². The fraction of sp³-hybridized carbons (Fsp3) is 0.385. The Balaban J connectivity index is 2.68. The largest absolute Gasteiger partial charge is 0.507 e. The quantitative estimate of drug-likeness (QED) is 0.451. The Morgan fingerprint density at radius 1 is 1.42 bits per heavy atom. The van der Waals surface area contributed by atoms with Crippen molar-refractivity contribution in [2.24, 2.45) is 5.92 Å². The number of hydrogen-bond acceptors (Lipinski definition) is 4. The van der Waals surface area contributed by atoms with E-state index in [1.54, 1.807) is 25.1 Å². The predicted octanol–water partition coefficient (Wildman–Crippen LogP) is 2.19. The van der Waals surface area contributed by atoms with Crippen LogP contribution in [0.15, 0.2) is 18.2 Å². The number of phenolic OH excluding ortho intramolecular Hbond substituents is 1. The molecule has 0 aliphatic heterocycles. The molecule has 6 heteroatoms. The molecule has 1 unspecified atom stereocenters. The third-order valence-electron chi connectivity index (χ3n) is 2.60. The summed E-state index contributed by atoms with van der Waals surface area (Å²) in [5, 5.41) is 18.4. The second kappa shape index (κ2) is 7.32. The van der Waals surface area contributed by atoms with Gasteiger partial charge >= 0.3 is 11.9 Å². The van der Waals surface area contributed by atoms with Gasteiger partial charge in [0.05, 0.1) is 10.2 Å². The first-order chi connectivity index (χ1) is 8.95. The summed E-state index contributed by atoms with van der Waals surface area (Å²) in [5.41, 5.74) is 0.873. The number of rotatable bonds is 6. The van der Waals surface area contributed by atoms with E-state index in [-0.39, 0.29) is 18.8 Å². The van der Waals surface area contributed by atoms with Gasteiger partial charge in [-0.05, 0) is 60.1 Å². The Morgan fingerprint density at radius 2 is 2.11 bits per heavy atom. The molecule has 0 aliphatic carbocycles. The highest BCUT2D eigenvalue weighted by molar-refractivity contribution is 14.1. The maximum atomic E-state index is 11.5. The van der Waals surface area contributed by atoms with E-state index < -0.39 is 17.9 Å². The van der Waals surface area contributed by atoms with Crippen LogP contribution in [0, 0.1) is 9.49 Å². The number of carbonyl (C=O) groups is 2. The molecular formula is C13H15IO5. The second-order valence-electron chi connectivity index (χ2n) is 3.97. The van der Waals surface area contributed by atoms with E-state index in [9.17, 15) is 14.7 Å². The van der Waals surface area contributed by atoms with Gasteiger partial charge in [0, 0.05) is 0 Å². The number of halogens is 1. The van der Waals surface area contributed by atoms with Crippen LogP contribution >= 0.6 is 22.6 Å². The first kappa shape index (κ1) is 15.7. The van der Waals surface area contributed by atoms with E-state index in [1.807, 2.05) is 22.6 Å². The third-order valence-corrected chi connectivity index (χ3v) is 3.47. The van der Waals surface area contributed by atoms with Gasteiger partial charge in [0.15, 0.2) is 5.92 Å². The minimum atomic E-state index is -1.17. The molecule has 0 fully saturated rings. The molecule has 1 aromatic rings. The van der Waals surface area contributed by atoms with E-state index >= 15 is 0 Å². The molecule has 1 rings (SSSR count). The smallest absolute Gasteiger partial charge is 0.320 e. The van der Waals surface area contributed by atoms with E-state index in [0.29, 0.717) is 9.99 Å². The van der Waals surface area contributed by atoms with Crippen molar-refractivity contribution in [1.82, 2.24) is 0 Å². The van der Waals surface area contributed by atoms with E-state index in [1.165, 1.54) is 0 Å². The summed E-state index contributed by atoms with van der Waals surface area (Å²) in [6, 6.07) is 5.03. The average molecular weight is 378 g/mol. The van der Waals surface area contributed by atoms with E-state index in [4.69, 9.17) is 9.84 Å². The van der Waals surface area contributed by atoms with Crippen LogP contribution in [0.4, 0.5) is 0 Å². The van der Waals surface area contributed by atoms with Crippen LogP contribution in [-0.4, -0.2) is 28.8 Å². The van der Waals surface area contributed by atoms with Crippen molar-refractivity contribution in [2.75, 3.05) is 6.61 Å². The lowest BCUT2D eigenvalue weighted by Crippen LogP contribution is -2.26. The van der Waals surface area contributed by atoms with Gasteiger partial charge in [-0.2, -0.15) is 0 Å². The zero-order chi connectivity index (χ0) is 14.4. The minimum absolute atomic E-state index is 0.166. The Morgan fingerprint density at radius 3 is 2.63 bits per heavy atom. The molecule has 0 aliphatic rings. The number of aryl methyl sites for hydroxylation is 1. The van der Waals surface area contributed by atoms with E-state index in [2.05, 4.69) is 0 Å².